The maximum absolute atomic E-state index is 4.60. The SMILES string of the molecule is CCNc1ncnc2c1CCSc1c-2sc2ccccc12. The van der Waals surface area contributed by atoms with Crippen molar-refractivity contribution in [3.8, 4) is 10.6 Å². The monoisotopic (exact) mass is 313 g/mol. The lowest BCUT2D eigenvalue weighted by atomic mass is 10.1. The van der Waals surface area contributed by atoms with E-state index in [9.17, 15) is 0 Å². The quantitative estimate of drug-likeness (QED) is 0.759. The molecule has 1 aromatic carbocycles. The summed E-state index contributed by atoms with van der Waals surface area (Å²) in [5, 5.41) is 4.73. The summed E-state index contributed by atoms with van der Waals surface area (Å²) in [6, 6.07) is 8.63. The predicted octanol–water partition coefficient (Wildman–Crippen LogP) is 4.44. The van der Waals surface area contributed by atoms with Gasteiger partial charge >= 0.3 is 0 Å². The molecule has 3 aromatic rings. The van der Waals surface area contributed by atoms with Crippen molar-refractivity contribution < 1.29 is 0 Å². The number of nitrogens with zero attached hydrogens (tertiary/aromatic N) is 2. The van der Waals surface area contributed by atoms with Crippen molar-refractivity contribution in [3.63, 3.8) is 0 Å². The number of rotatable bonds is 2. The van der Waals surface area contributed by atoms with Crippen molar-refractivity contribution in [3.05, 3.63) is 36.2 Å². The Hall–Kier alpha value is -1.59. The molecule has 3 heterocycles. The van der Waals surface area contributed by atoms with Gasteiger partial charge in [0.25, 0.3) is 0 Å². The lowest BCUT2D eigenvalue weighted by molar-refractivity contribution is 1.04. The molecule has 0 amide bonds. The van der Waals surface area contributed by atoms with Crippen molar-refractivity contribution in [2.45, 2.75) is 18.2 Å². The van der Waals surface area contributed by atoms with E-state index in [-0.39, 0.29) is 0 Å². The number of hydrogen-bond acceptors (Lipinski definition) is 5. The topological polar surface area (TPSA) is 37.8 Å². The Labute approximate surface area is 131 Å². The molecule has 21 heavy (non-hydrogen) atoms. The molecule has 2 aromatic heterocycles. The fraction of sp³-hybridized carbons (Fsp3) is 0.250. The van der Waals surface area contributed by atoms with Crippen molar-refractivity contribution >= 4 is 39.0 Å². The van der Waals surface area contributed by atoms with Crippen molar-refractivity contribution in [1.82, 2.24) is 9.97 Å². The Balaban J connectivity index is 1.99. The fourth-order valence-corrected chi connectivity index (χ4v) is 5.30. The molecule has 1 N–H and O–H groups in total. The van der Waals surface area contributed by atoms with Gasteiger partial charge in [-0.15, -0.1) is 23.1 Å². The zero-order chi connectivity index (χ0) is 14.2. The van der Waals surface area contributed by atoms with Crippen LogP contribution in [-0.2, 0) is 6.42 Å². The van der Waals surface area contributed by atoms with E-state index < -0.39 is 0 Å². The highest BCUT2D eigenvalue weighted by Gasteiger charge is 2.23. The van der Waals surface area contributed by atoms with E-state index in [0.29, 0.717) is 0 Å². The van der Waals surface area contributed by atoms with Crippen LogP contribution < -0.4 is 5.32 Å². The summed E-state index contributed by atoms with van der Waals surface area (Å²) in [6.45, 7) is 2.99. The minimum absolute atomic E-state index is 0.885. The van der Waals surface area contributed by atoms with Gasteiger partial charge in [-0.25, -0.2) is 9.97 Å². The molecule has 0 fully saturated rings. The van der Waals surface area contributed by atoms with E-state index in [4.69, 9.17) is 0 Å². The summed E-state index contributed by atoms with van der Waals surface area (Å²) >= 11 is 3.79. The zero-order valence-corrected chi connectivity index (χ0v) is 13.4. The molecule has 0 radical (unpaired) electrons. The first-order valence-electron chi connectivity index (χ1n) is 7.11. The zero-order valence-electron chi connectivity index (χ0n) is 11.7. The number of aromatic nitrogens is 2. The van der Waals surface area contributed by atoms with Crippen LogP contribution in [0.3, 0.4) is 0 Å². The summed E-state index contributed by atoms with van der Waals surface area (Å²) in [6.07, 6.45) is 2.69. The minimum Gasteiger partial charge on any atom is -0.370 e. The normalized spacial score (nSPS) is 13.6. The van der Waals surface area contributed by atoms with Crippen LogP contribution >= 0.6 is 23.1 Å². The molecule has 1 aliphatic rings. The third kappa shape index (κ3) is 2.12. The standard InChI is InChI=1S/C16H15N3S2/c1-2-17-16-11-7-8-20-14-10-5-3-4-6-12(10)21-15(14)13(11)18-9-19-16/h3-6,9H,2,7-8H2,1H3,(H,17,18,19). The lowest BCUT2D eigenvalue weighted by Crippen LogP contribution is -2.06. The van der Waals surface area contributed by atoms with Crippen LogP contribution in [-0.4, -0.2) is 22.3 Å². The Morgan fingerprint density at radius 3 is 3.05 bits per heavy atom. The highest BCUT2D eigenvalue weighted by molar-refractivity contribution is 7.99. The average Bonchev–Trinajstić information content (AvgIpc) is 2.77. The highest BCUT2D eigenvalue weighted by atomic mass is 32.2. The summed E-state index contributed by atoms with van der Waals surface area (Å²) < 4.78 is 1.34. The number of benzene rings is 1. The Morgan fingerprint density at radius 1 is 1.24 bits per heavy atom. The highest BCUT2D eigenvalue weighted by Crippen LogP contribution is 2.47. The lowest BCUT2D eigenvalue weighted by Gasteiger charge is -2.10. The fourth-order valence-electron chi connectivity index (χ4n) is 2.74. The van der Waals surface area contributed by atoms with Crippen LogP contribution in [0.15, 0.2) is 35.5 Å². The van der Waals surface area contributed by atoms with E-state index in [2.05, 4.69) is 46.5 Å². The first-order chi connectivity index (χ1) is 10.4. The maximum Gasteiger partial charge on any atom is 0.133 e. The van der Waals surface area contributed by atoms with Crippen molar-refractivity contribution in [2.75, 3.05) is 17.6 Å². The molecule has 0 aliphatic carbocycles. The molecular weight excluding hydrogens is 298 g/mol. The van der Waals surface area contributed by atoms with Crippen LogP contribution in [0.5, 0.6) is 0 Å². The Kier molecular flexibility index (Phi) is 3.31. The van der Waals surface area contributed by atoms with Gasteiger partial charge in [0.15, 0.2) is 0 Å². The third-order valence-electron chi connectivity index (χ3n) is 3.65. The van der Waals surface area contributed by atoms with Crippen LogP contribution in [0.25, 0.3) is 20.7 Å². The molecule has 0 atom stereocenters. The molecule has 0 spiro atoms. The molecule has 0 unspecified atom stereocenters. The second-order valence-electron chi connectivity index (χ2n) is 4.93. The number of thiophene rings is 1. The van der Waals surface area contributed by atoms with Gasteiger partial charge in [0.05, 0.1) is 10.6 Å². The first kappa shape index (κ1) is 13.1. The van der Waals surface area contributed by atoms with Crippen molar-refractivity contribution in [2.24, 2.45) is 0 Å². The minimum atomic E-state index is 0.885. The number of fused-ring (bicyclic) bond motifs is 5. The van der Waals surface area contributed by atoms with Crippen LogP contribution in [0.4, 0.5) is 5.82 Å². The summed E-state index contributed by atoms with van der Waals surface area (Å²) in [7, 11) is 0. The molecule has 0 saturated heterocycles. The smallest absolute Gasteiger partial charge is 0.133 e. The van der Waals surface area contributed by atoms with Gasteiger partial charge in [-0.3, -0.25) is 0 Å². The maximum atomic E-state index is 4.60. The van der Waals surface area contributed by atoms with E-state index >= 15 is 0 Å². The molecule has 0 saturated carbocycles. The molecule has 4 rings (SSSR count). The van der Waals surface area contributed by atoms with Gasteiger partial charge in [0.1, 0.15) is 12.1 Å². The molecule has 3 nitrogen and oxygen atoms in total. The van der Waals surface area contributed by atoms with Crippen LogP contribution in [0.2, 0.25) is 0 Å². The molecule has 5 heteroatoms. The second-order valence-corrected chi connectivity index (χ2v) is 7.09. The Bertz CT molecular complexity index is 810. The number of thioether (sulfide) groups is 1. The number of hydrogen-bond donors (Lipinski definition) is 1. The van der Waals surface area contributed by atoms with Crippen LogP contribution in [0.1, 0.15) is 12.5 Å². The van der Waals surface area contributed by atoms with Gasteiger partial charge in [0.2, 0.25) is 0 Å². The molecular formula is C16H15N3S2. The number of anilines is 1. The van der Waals surface area contributed by atoms with Crippen LogP contribution in [0, 0.1) is 0 Å². The average molecular weight is 313 g/mol. The van der Waals surface area contributed by atoms with Gasteiger partial charge in [-0.05, 0) is 19.4 Å². The largest absolute Gasteiger partial charge is 0.370 e. The first-order valence-corrected chi connectivity index (χ1v) is 8.91. The molecule has 106 valence electrons. The van der Waals surface area contributed by atoms with E-state index in [1.807, 2.05) is 23.1 Å². The van der Waals surface area contributed by atoms with Gasteiger partial charge in [-0.2, -0.15) is 0 Å². The van der Waals surface area contributed by atoms with Gasteiger partial charge < -0.3 is 5.32 Å². The van der Waals surface area contributed by atoms with Gasteiger partial charge in [0, 0.05) is 32.8 Å². The summed E-state index contributed by atoms with van der Waals surface area (Å²) in [5.74, 6) is 2.07. The third-order valence-corrected chi connectivity index (χ3v) is 6.08. The second kappa shape index (κ2) is 5.31. The molecule has 0 bridgehead atoms. The molecule has 1 aliphatic heterocycles. The van der Waals surface area contributed by atoms with Gasteiger partial charge in [-0.1, -0.05) is 18.2 Å². The summed E-state index contributed by atoms with van der Waals surface area (Å²) in [4.78, 5) is 11.7. The Morgan fingerprint density at radius 2 is 2.14 bits per heavy atom. The van der Waals surface area contributed by atoms with E-state index in [1.54, 1.807) is 6.33 Å². The van der Waals surface area contributed by atoms with Crippen molar-refractivity contribution in [1.29, 1.82) is 0 Å². The van der Waals surface area contributed by atoms with E-state index in [0.717, 1.165) is 30.2 Å². The number of nitrogens with one attached hydrogen (secondary N) is 1. The van der Waals surface area contributed by atoms with E-state index in [1.165, 1.54) is 25.4 Å². The predicted molar refractivity (Wildman–Crippen MR) is 91.4 cm³/mol. The summed E-state index contributed by atoms with van der Waals surface area (Å²) in [5.41, 5.74) is 2.37.